The van der Waals surface area contributed by atoms with E-state index in [1.807, 2.05) is 36.4 Å². The Morgan fingerprint density at radius 2 is 1.68 bits per heavy atom. The van der Waals surface area contributed by atoms with E-state index in [9.17, 15) is 14.9 Å². The molecule has 1 aliphatic heterocycles. The van der Waals surface area contributed by atoms with Crippen molar-refractivity contribution in [1.82, 2.24) is 4.90 Å². The number of rotatable bonds is 7. The van der Waals surface area contributed by atoms with Gasteiger partial charge in [-0.05, 0) is 53.6 Å². The Morgan fingerprint density at radius 3 is 2.38 bits per heavy atom. The maximum absolute atomic E-state index is 12.8. The van der Waals surface area contributed by atoms with Crippen LogP contribution in [0.4, 0.5) is 4.79 Å². The minimum absolute atomic E-state index is 0.128. The number of hydrogen-bond donors (Lipinski definition) is 0. The maximum Gasteiger partial charge on any atom is 0.293 e. The Hall–Kier alpha value is -3.24. The Bertz CT molecular complexity index is 1300. The molecule has 1 fully saturated rings. The summed E-state index contributed by atoms with van der Waals surface area (Å²) in [6, 6.07) is 22.1. The molecule has 0 N–H and O–H groups in total. The standard InChI is InChI=1S/C26H18Cl2N2O3S/c27-21-12-18(13-22(28)24(21)33-16-20-9-5-4-8-19(20)15-29)14-23-25(31)30(26(32)34-23)11-10-17-6-2-1-3-7-17/h1-9,12-14H,10-11,16H2/b23-14-. The zero-order valence-corrected chi connectivity index (χ0v) is 20.2. The van der Waals surface area contributed by atoms with E-state index in [4.69, 9.17) is 27.9 Å². The Balaban J connectivity index is 1.47. The first kappa shape index (κ1) is 23.9. The summed E-state index contributed by atoms with van der Waals surface area (Å²) in [5, 5.41) is 9.44. The van der Waals surface area contributed by atoms with Gasteiger partial charge in [0.1, 0.15) is 6.61 Å². The van der Waals surface area contributed by atoms with Crippen LogP contribution in [0.1, 0.15) is 22.3 Å². The Kier molecular flexibility index (Phi) is 7.59. The number of benzene rings is 3. The summed E-state index contributed by atoms with van der Waals surface area (Å²) in [5.41, 5.74) is 2.85. The van der Waals surface area contributed by atoms with Crippen LogP contribution in [0.5, 0.6) is 5.75 Å². The molecule has 170 valence electrons. The number of amides is 2. The van der Waals surface area contributed by atoms with E-state index in [0.717, 1.165) is 17.3 Å². The minimum Gasteiger partial charge on any atom is -0.486 e. The molecule has 34 heavy (non-hydrogen) atoms. The molecule has 0 unspecified atom stereocenters. The number of carbonyl (C=O) groups excluding carboxylic acids is 2. The Morgan fingerprint density at radius 1 is 1.00 bits per heavy atom. The number of hydrogen-bond acceptors (Lipinski definition) is 5. The number of thioether (sulfide) groups is 1. The van der Waals surface area contributed by atoms with Gasteiger partial charge < -0.3 is 4.74 Å². The lowest BCUT2D eigenvalue weighted by Gasteiger charge is -2.12. The zero-order valence-electron chi connectivity index (χ0n) is 17.8. The summed E-state index contributed by atoms with van der Waals surface area (Å²) in [4.78, 5) is 26.8. The van der Waals surface area contributed by atoms with Gasteiger partial charge in [-0.1, -0.05) is 71.7 Å². The molecule has 0 radical (unpaired) electrons. The zero-order chi connectivity index (χ0) is 24.1. The molecule has 8 heteroatoms. The largest absolute Gasteiger partial charge is 0.486 e. The smallest absolute Gasteiger partial charge is 0.293 e. The topological polar surface area (TPSA) is 70.4 Å². The molecule has 0 spiro atoms. The molecule has 1 aliphatic rings. The quantitative estimate of drug-likeness (QED) is 0.331. The summed E-state index contributed by atoms with van der Waals surface area (Å²) in [5.74, 6) is -0.0594. The van der Waals surface area contributed by atoms with Crippen molar-refractivity contribution >= 4 is 52.2 Å². The number of nitriles is 1. The summed E-state index contributed by atoms with van der Waals surface area (Å²) in [7, 11) is 0. The molecule has 0 aliphatic carbocycles. The van der Waals surface area contributed by atoms with Crippen LogP contribution in [0.25, 0.3) is 6.08 Å². The van der Waals surface area contributed by atoms with E-state index in [1.54, 1.807) is 36.4 Å². The highest BCUT2D eigenvalue weighted by atomic mass is 35.5. The average molecular weight is 509 g/mol. The van der Waals surface area contributed by atoms with Crippen LogP contribution in [-0.4, -0.2) is 22.6 Å². The van der Waals surface area contributed by atoms with Gasteiger partial charge in [0.2, 0.25) is 0 Å². The monoisotopic (exact) mass is 508 g/mol. The molecular weight excluding hydrogens is 491 g/mol. The van der Waals surface area contributed by atoms with Gasteiger partial charge in [-0.25, -0.2) is 0 Å². The molecule has 0 atom stereocenters. The van der Waals surface area contributed by atoms with Gasteiger partial charge >= 0.3 is 0 Å². The second-order valence-electron chi connectivity index (χ2n) is 7.44. The van der Waals surface area contributed by atoms with Gasteiger partial charge in [-0.3, -0.25) is 14.5 Å². The maximum atomic E-state index is 12.8. The number of carbonyl (C=O) groups is 2. The third-order valence-corrected chi connectivity index (χ3v) is 6.64. The van der Waals surface area contributed by atoms with Crippen LogP contribution < -0.4 is 4.74 Å². The second kappa shape index (κ2) is 10.8. The SMILES string of the molecule is N#Cc1ccccc1COc1c(Cl)cc(/C=C2\SC(=O)N(CCc3ccccc3)C2=O)cc1Cl. The lowest BCUT2D eigenvalue weighted by molar-refractivity contribution is -0.122. The second-order valence-corrected chi connectivity index (χ2v) is 9.25. The third kappa shape index (κ3) is 5.45. The fraction of sp³-hybridized carbons (Fsp3) is 0.115. The van der Waals surface area contributed by atoms with E-state index in [0.29, 0.717) is 34.6 Å². The highest BCUT2D eigenvalue weighted by Crippen LogP contribution is 2.38. The van der Waals surface area contributed by atoms with Crippen molar-refractivity contribution in [2.45, 2.75) is 13.0 Å². The van der Waals surface area contributed by atoms with E-state index in [1.165, 1.54) is 4.90 Å². The highest BCUT2D eigenvalue weighted by molar-refractivity contribution is 8.18. The molecule has 0 aromatic heterocycles. The molecule has 4 rings (SSSR count). The van der Waals surface area contributed by atoms with E-state index in [-0.39, 0.29) is 33.5 Å². The van der Waals surface area contributed by atoms with Gasteiger partial charge in [-0.2, -0.15) is 5.26 Å². The van der Waals surface area contributed by atoms with Crippen molar-refractivity contribution in [2.75, 3.05) is 6.54 Å². The molecule has 2 amide bonds. The summed E-state index contributed by atoms with van der Waals surface area (Å²) in [6.45, 7) is 0.438. The lowest BCUT2D eigenvalue weighted by Crippen LogP contribution is -2.30. The van der Waals surface area contributed by atoms with Crippen molar-refractivity contribution < 1.29 is 14.3 Å². The summed E-state index contributed by atoms with van der Waals surface area (Å²) < 4.78 is 5.78. The van der Waals surface area contributed by atoms with Crippen molar-refractivity contribution in [1.29, 1.82) is 5.26 Å². The third-order valence-electron chi connectivity index (χ3n) is 5.17. The van der Waals surface area contributed by atoms with Gasteiger partial charge in [0.15, 0.2) is 5.75 Å². The molecule has 3 aromatic carbocycles. The fourth-order valence-electron chi connectivity index (χ4n) is 3.44. The number of halogens is 2. The Labute approximate surface area is 211 Å². The number of ether oxygens (including phenoxy) is 1. The lowest BCUT2D eigenvalue weighted by atomic mass is 10.1. The first-order valence-electron chi connectivity index (χ1n) is 10.4. The van der Waals surface area contributed by atoms with Gasteiger partial charge in [0, 0.05) is 12.1 Å². The van der Waals surface area contributed by atoms with Crippen molar-refractivity contribution in [3.05, 3.63) is 104 Å². The molecule has 0 saturated carbocycles. The normalized spacial score (nSPS) is 14.5. The van der Waals surface area contributed by atoms with Crippen LogP contribution in [0.15, 0.2) is 71.6 Å². The average Bonchev–Trinajstić information content (AvgIpc) is 3.10. The van der Waals surface area contributed by atoms with E-state index in [2.05, 4.69) is 6.07 Å². The molecular formula is C26H18Cl2N2O3S. The summed E-state index contributed by atoms with van der Waals surface area (Å²) >= 11 is 13.7. The molecule has 1 heterocycles. The summed E-state index contributed by atoms with van der Waals surface area (Å²) in [6.07, 6.45) is 2.19. The molecule has 3 aromatic rings. The highest BCUT2D eigenvalue weighted by Gasteiger charge is 2.34. The van der Waals surface area contributed by atoms with Gasteiger partial charge in [0.25, 0.3) is 11.1 Å². The van der Waals surface area contributed by atoms with Gasteiger partial charge in [-0.15, -0.1) is 0 Å². The van der Waals surface area contributed by atoms with Crippen LogP contribution in [0.2, 0.25) is 10.0 Å². The molecule has 1 saturated heterocycles. The predicted molar refractivity (Wildman–Crippen MR) is 135 cm³/mol. The van der Waals surface area contributed by atoms with Crippen LogP contribution in [-0.2, 0) is 17.8 Å². The van der Waals surface area contributed by atoms with Crippen LogP contribution >= 0.6 is 35.0 Å². The first-order valence-corrected chi connectivity index (χ1v) is 11.9. The van der Waals surface area contributed by atoms with Crippen molar-refractivity contribution in [3.8, 4) is 11.8 Å². The predicted octanol–water partition coefficient (Wildman–Crippen LogP) is 6.72. The van der Waals surface area contributed by atoms with Crippen LogP contribution in [0, 0.1) is 11.3 Å². The number of nitrogens with zero attached hydrogens (tertiary/aromatic N) is 2. The van der Waals surface area contributed by atoms with Crippen molar-refractivity contribution in [3.63, 3.8) is 0 Å². The van der Waals surface area contributed by atoms with Gasteiger partial charge in [0.05, 0.1) is 26.6 Å². The number of imide groups is 1. The fourth-order valence-corrected chi connectivity index (χ4v) is 4.91. The molecule has 0 bridgehead atoms. The van der Waals surface area contributed by atoms with E-state index < -0.39 is 0 Å². The minimum atomic E-state index is -0.341. The first-order chi connectivity index (χ1) is 16.5. The van der Waals surface area contributed by atoms with Crippen molar-refractivity contribution in [2.24, 2.45) is 0 Å². The van der Waals surface area contributed by atoms with Crippen LogP contribution in [0.3, 0.4) is 0 Å². The van der Waals surface area contributed by atoms with E-state index >= 15 is 0 Å². The molecule has 5 nitrogen and oxygen atoms in total.